The Bertz CT molecular complexity index is 990. The van der Waals surface area contributed by atoms with Crippen LogP contribution in [-0.2, 0) is 30.5 Å². The van der Waals surface area contributed by atoms with Gasteiger partial charge in [0.2, 0.25) is 0 Å². The van der Waals surface area contributed by atoms with Crippen LogP contribution in [-0.4, -0.2) is 21.2 Å². The van der Waals surface area contributed by atoms with E-state index in [9.17, 15) is 13.2 Å². The zero-order chi connectivity index (χ0) is 20.4. The average Bonchev–Trinajstić information content (AvgIpc) is 3.35. The van der Waals surface area contributed by atoms with Gasteiger partial charge in [0, 0.05) is 29.8 Å². The van der Waals surface area contributed by atoms with Gasteiger partial charge in [-0.25, -0.2) is 0 Å². The molecule has 0 aliphatic carbocycles. The number of nitrogens with two attached hydrogens (primary N) is 1. The number of rotatable bonds is 6. The number of halogens is 3. The van der Waals surface area contributed by atoms with Crippen molar-refractivity contribution < 1.29 is 18.0 Å². The predicted molar refractivity (Wildman–Crippen MR) is 103 cm³/mol. The van der Waals surface area contributed by atoms with Gasteiger partial charge in [-0.1, -0.05) is 17.4 Å². The van der Waals surface area contributed by atoms with Crippen molar-refractivity contribution in [1.29, 1.82) is 0 Å². The minimum atomic E-state index is -4.43. The number of anilines is 1. The number of benzene rings is 1. The fraction of sp³-hybridized carbons (Fsp3) is 0.316. The zero-order valence-corrected chi connectivity index (χ0v) is 16.1. The Morgan fingerprint density at radius 3 is 2.83 bits per heavy atom. The second-order valence-electron chi connectivity index (χ2n) is 6.82. The molecule has 1 atom stereocenters. The summed E-state index contributed by atoms with van der Waals surface area (Å²) in [5.74, 6) is 0. The van der Waals surface area contributed by atoms with Crippen LogP contribution in [0.25, 0.3) is 10.6 Å². The van der Waals surface area contributed by atoms with Crippen molar-refractivity contribution in [2.45, 2.75) is 38.1 Å². The third kappa shape index (κ3) is 4.72. The summed E-state index contributed by atoms with van der Waals surface area (Å²) in [5, 5.41) is 10.2. The molecule has 1 aliphatic heterocycles. The first-order valence-electron chi connectivity index (χ1n) is 8.99. The number of hydrogen-bond acceptors (Lipinski definition) is 7. The molecule has 1 aliphatic rings. The number of alkyl halides is 3. The standard InChI is InChI=1S/C19H18F3N5OS/c20-19(21,22)16-5-1-11(9-24-16)7-14(23)3-6-17-25-26-18(29-17)12-2-4-15-13(8-12)10-28-27-15/h1-2,4-5,8-9,14,27H,3,6-7,10,23H2/t14-/m1/s1. The van der Waals surface area contributed by atoms with Crippen LogP contribution in [0.1, 0.15) is 28.2 Å². The van der Waals surface area contributed by atoms with Crippen molar-refractivity contribution in [1.82, 2.24) is 15.2 Å². The molecule has 4 rings (SSSR count). The van der Waals surface area contributed by atoms with Crippen molar-refractivity contribution in [3.05, 3.63) is 58.4 Å². The topological polar surface area (TPSA) is 86.0 Å². The normalized spacial score (nSPS) is 14.5. The molecule has 152 valence electrons. The van der Waals surface area contributed by atoms with Crippen LogP contribution in [0.15, 0.2) is 36.5 Å². The molecule has 0 saturated heterocycles. The smallest absolute Gasteiger partial charge is 0.327 e. The molecule has 6 nitrogen and oxygen atoms in total. The Hall–Kier alpha value is -2.56. The number of fused-ring (bicyclic) bond motifs is 1. The SMILES string of the molecule is N[C@H](CCc1nnc(-c2ccc3c(c2)CON3)s1)Cc1ccc(C(F)(F)F)nc1. The van der Waals surface area contributed by atoms with Gasteiger partial charge in [-0.05, 0) is 42.7 Å². The summed E-state index contributed by atoms with van der Waals surface area (Å²) < 4.78 is 37.7. The maximum Gasteiger partial charge on any atom is 0.433 e. The molecular weight excluding hydrogens is 403 g/mol. The lowest BCUT2D eigenvalue weighted by molar-refractivity contribution is -0.141. The summed E-state index contributed by atoms with van der Waals surface area (Å²) in [6.45, 7) is 0.516. The molecule has 3 N–H and O–H groups in total. The van der Waals surface area contributed by atoms with E-state index in [1.165, 1.54) is 23.6 Å². The van der Waals surface area contributed by atoms with Gasteiger partial charge in [-0.2, -0.15) is 13.2 Å². The lowest BCUT2D eigenvalue weighted by Gasteiger charge is -2.11. The number of nitrogens with zero attached hydrogens (tertiary/aromatic N) is 3. The molecule has 1 aromatic carbocycles. The fourth-order valence-electron chi connectivity index (χ4n) is 3.04. The van der Waals surface area contributed by atoms with Crippen LogP contribution in [0, 0.1) is 0 Å². The van der Waals surface area contributed by atoms with E-state index < -0.39 is 11.9 Å². The van der Waals surface area contributed by atoms with Crippen LogP contribution < -0.4 is 11.2 Å². The lowest BCUT2D eigenvalue weighted by Crippen LogP contribution is -2.23. The second-order valence-corrected chi connectivity index (χ2v) is 7.88. The Morgan fingerprint density at radius 2 is 2.07 bits per heavy atom. The van der Waals surface area contributed by atoms with E-state index >= 15 is 0 Å². The van der Waals surface area contributed by atoms with Gasteiger partial charge in [0.25, 0.3) is 0 Å². The maximum atomic E-state index is 12.6. The van der Waals surface area contributed by atoms with Crippen molar-refractivity contribution in [3.63, 3.8) is 0 Å². The molecule has 0 amide bonds. The minimum Gasteiger partial charge on any atom is -0.327 e. The monoisotopic (exact) mass is 421 g/mol. The molecule has 29 heavy (non-hydrogen) atoms. The van der Waals surface area contributed by atoms with Gasteiger partial charge in [0.1, 0.15) is 22.3 Å². The number of hydrogen-bond donors (Lipinski definition) is 2. The van der Waals surface area contributed by atoms with Crippen LogP contribution in [0.5, 0.6) is 0 Å². The van der Waals surface area contributed by atoms with Gasteiger partial charge in [-0.3, -0.25) is 15.3 Å². The molecule has 0 saturated carbocycles. The van der Waals surface area contributed by atoms with E-state index in [0.717, 1.165) is 32.9 Å². The van der Waals surface area contributed by atoms with Crippen molar-refractivity contribution in [2.24, 2.45) is 5.73 Å². The van der Waals surface area contributed by atoms with E-state index in [2.05, 4.69) is 20.7 Å². The molecule has 3 heterocycles. The van der Waals surface area contributed by atoms with Gasteiger partial charge >= 0.3 is 6.18 Å². The highest BCUT2D eigenvalue weighted by Crippen LogP contribution is 2.31. The zero-order valence-electron chi connectivity index (χ0n) is 15.2. The summed E-state index contributed by atoms with van der Waals surface area (Å²) in [6, 6.07) is 8.15. The summed E-state index contributed by atoms with van der Waals surface area (Å²) in [6.07, 6.45) is -1.44. The minimum absolute atomic E-state index is 0.205. The third-order valence-electron chi connectivity index (χ3n) is 4.57. The molecular formula is C19H18F3N5OS. The summed E-state index contributed by atoms with van der Waals surface area (Å²) in [5.41, 5.74) is 11.8. The Kier molecular flexibility index (Phi) is 5.48. The average molecular weight is 421 g/mol. The van der Waals surface area contributed by atoms with E-state index in [1.54, 1.807) is 0 Å². The number of aromatic nitrogens is 3. The number of nitrogens with one attached hydrogen (secondary N) is 1. The van der Waals surface area contributed by atoms with Crippen LogP contribution in [0.2, 0.25) is 0 Å². The predicted octanol–water partition coefficient (Wildman–Crippen LogP) is 3.98. The van der Waals surface area contributed by atoms with E-state index in [-0.39, 0.29) is 6.04 Å². The van der Waals surface area contributed by atoms with Crippen molar-refractivity contribution in [2.75, 3.05) is 5.48 Å². The molecule has 3 aromatic rings. The van der Waals surface area contributed by atoms with E-state index in [0.29, 0.717) is 31.4 Å². The Balaban J connectivity index is 1.32. The highest BCUT2D eigenvalue weighted by atomic mass is 32.1. The van der Waals surface area contributed by atoms with Crippen LogP contribution >= 0.6 is 11.3 Å². The fourth-order valence-corrected chi connectivity index (χ4v) is 3.89. The molecule has 2 aromatic heterocycles. The quantitative estimate of drug-likeness (QED) is 0.626. The van der Waals surface area contributed by atoms with E-state index in [4.69, 9.17) is 10.6 Å². The molecule has 0 spiro atoms. The van der Waals surface area contributed by atoms with Crippen LogP contribution in [0.4, 0.5) is 18.9 Å². The molecule has 10 heteroatoms. The maximum absolute atomic E-state index is 12.6. The first kappa shape index (κ1) is 19.7. The highest BCUT2D eigenvalue weighted by molar-refractivity contribution is 7.14. The lowest BCUT2D eigenvalue weighted by atomic mass is 10.0. The van der Waals surface area contributed by atoms with Gasteiger partial charge < -0.3 is 5.73 Å². The Labute approximate surface area is 168 Å². The van der Waals surface area contributed by atoms with E-state index in [1.807, 2.05) is 18.2 Å². The molecule has 0 bridgehead atoms. The number of aryl methyl sites for hydroxylation is 1. The summed E-state index contributed by atoms with van der Waals surface area (Å²) in [4.78, 5) is 8.66. The van der Waals surface area contributed by atoms with Crippen LogP contribution in [0.3, 0.4) is 0 Å². The third-order valence-corrected chi connectivity index (χ3v) is 5.60. The van der Waals surface area contributed by atoms with Crippen molar-refractivity contribution >= 4 is 17.0 Å². The van der Waals surface area contributed by atoms with Crippen molar-refractivity contribution in [3.8, 4) is 10.6 Å². The summed E-state index contributed by atoms with van der Waals surface area (Å²) in [7, 11) is 0. The molecule has 0 radical (unpaired) electrons. The first-order chi connectivity index (χ1) is 13.9. The highest BCUT2D eigenvalue weighted by Gasteiger charge is 2.32. The number of pyridine rings is 1. The second kappa shape index (κ2) is 8.05. The first-order valence-corrected chi connectivity index (χ1v) is 9.81. The largest absolute Gasteiger partial charge is 0.433 e. The Morgan fingerprint density at radius 1 is 1.21 bits per heavy atom. The summed E-state index contributed by atoms with van der Waals surface area (Å²) >= 11 is 1.51. The molecule has 0 fully saturated rings. The van der Waals surface area contributed by atoms with Gasteiger partial charge in [-0.15, -0.1) is 10.2 Å². The van der Waals surface area contributed by atoms with Gasteiger partial charge in [0.05, 0.1) is 5.69 Å². The molecule has 0 unspecified atom stereocenters. The van der Waals surface area contributed by atoms with Gasteiger partial charge in [0.15, 0.2) is 0 Å².